The second-order valence-electron chi connectivity index (χ2n) is 6.60. The fourth-order valence-electron chi connectivity index (χ4n) is 1.66. The summed E-state index contributed by atoms with van der Waals surface area (Å²) in [5.41, 5.74) is 0.588. The van der Waals surface area contributed by atoms with Crippen molar-refractivity contribution >= 4 is 17.8 Å². The van der Waals surface area contributed by atoms with Gasteiger partial charge in [-0.25, -0.2) is 14.8 Å². The Kier molecular flexibility index (Phi) is 5.84. The average molecular weight is 320 g/mol. The minimum atomic E-state index is -1.13. The first-order valence-electron chi connectivity index (χ1n) is 7.25. The molecule has 0 spiro atoms. The zero-order chi connectivity index (χ0) is 17.8. The number of nitrogens with zero attached hydrogens (tertiary/aromatic N) is 3. The monoisotopic (exact) mass is 320 g/mol. The van der Waals surface area contributed by atoms with Gasteiger partial charge in [0.2, 0.25) is 5.95 Å². The smallest absolute Gasteiger partial charge is 0.330 e. The average Bonchev–Trinajstić information content (AvgIpc) is 2.40. The van der Waals surface area contributed by atoms with E-state index in [1.807, 2.05) is 20.8 Å². The predicted molar refractivity (Wildman–Crippen MR) is 88.6 cm³/mol. The molecule has 7 nitrogen and oxygen atoms in total. The molecule has 126 valence electrons. The summed E-state index contributed by atoms with van der Waals surface area (Å²) in [5, 5.41) is 11.7. The van der Waals surface area contributed by atoms with Crippen molar-refractivity contribution < 1.29 is 14.7 Å². The predicted octanol–water partition coefficient (Wildman–Crippen LogP) is 1.64. The summed E-state index contributed by atoms with van der Waals surface area (Å²) in [5.74, 6) is -1.28. The van der Waals surface area contributed by atoms with Gasteiger partial charge >= 0.3 is 5.97 Å². The number of aryl methyl sites for hydroxylation is 1. The van der Waals surface area contributed by atoms with Gasteiger partial charge in [-0.2, -0.15) is 0 Å². The van der Waals surface area contributed by atoms with Crippen LogP contribution in [0.3, 0.4) is 0 Å². The van der Waals surface area contributed by atoms with Crippen molar-refractivity contribution in [3.05, 3.63) is 29.6 Å². The molecule has 0 saturated heterocycles. The third-order valence-electron chi connectivity index (χ3n) is 2.82. The first-order valence-corrected chi connectivity index (χ1v) is 7.25. The molecule has 1 heterocycles. The van der Waals surface area contributed by atoms with Gasteiger partial charge in [0.15, 0.2) is 0 Å². The zero-order valence-corrected chi connectivity index (χ0v) is 14.4. The number of carbonyl (C=O) groups excluding carboxylic acids is 1. The summed E-state index contributed by atoms with van der Waals surface area (Å²) in [7, 11) is 3.53. The maximum atomic E-state index is 12.3. The Bertz CT molecular complexity index is 618. The highest BCUT2D eigenvalue weighted by Crippen LogP contribution is 2.15. The molecule has 0 aliphatic heterocycles. The van der Waals surface area contributed by atoms with Gasteiger partial charge in [0.1, 0.15) is 11.7 Å². The van der Waals surface area contributed by atoms with E-state index < -0.39 is 17.9 Å². The molecule has 0 radical (unpaired) electrons. The van der Waals surface area contributed by atoms with Crippen LogP contribution in [0, 0.1) is 12.3 Å². The van der Waals surface area contributed by atoms with E-state index in [-0.39, 0.29) is 11.1 Å². The van der Waals surface area contributed by atoms with Gasteiger partial charge in [-0.05, 0) is 18.4 Å². The molecule has 1 unspecified atom stereocenters. The maximum absolute atomic E-state index is 12.3. The molecule has 1 aromatic rings. The van der Waals surface area contributed by atoms with Crippen molar-refractivity contribution in [2.45, 2.75) is 33.7 Å². The van der Waals surface area contributed by atoms with E-state index in [2.05, 4.69) is 15.3 Å². The number of aromatic nitrogens is 2. The van der Waals surface area contributed by atoms with Crippen LogP contribution in [0.25, 0.3) is 0 Å². The van der Waals surface area contributed by atoms with Gasteiger partial charge in [-0.15, -0.1) is 0 Å². The normalized spacial score (nSPS) is 13.0. The van der Waals surface area contributed by atoms with Crippen molar-refractivity contribution in [1.29, 1.82) is 0 Å². The van der Waals surface area contributed by atoms with Crippen LogP contribution in [0.4, 0.5) is 5.95 Å². The number of carboxylic acid groups (broad SMARTS) is 1. The second-order valence-corrected chi connectivity index (χ2v) is 6.60. The third-order valence-corrected chi connectivity index (χ3v) is 2.82. The lowest BCUT2D eigenvalue weighted by molar-refractivity contribution is -0.137. The highest BCUT2D eigenvalue weighted by atomic mass is 16.4. The number of hydrogen-bond donors (Lipinski definition) is 2. The van der Waals surface area contributed by atoms with Crippen LogP contribution in [0.5, 0.6) is 0 Å². The number of allylic oxidation sites excluding steroid dienone is 1. The van der Waals surface area contributed by atoms with E-state index in [9.17, 15) is 14.7 Å². The van der Waals surface area contributed by atoms with E-state index in [0.29, 0.717) is 11.6 Å². The van der Waals surface area contributed by atoms with Gasteiger partial charge in [-0.3, -0.25) is 4.79 Å². The lowest BCUT2D eigenvalue weighted by Crippen LogP contribution is -2.40. The van der Waals surface area contributed by atoms with Crippen molar-refractivity contribution in [1.82, 2.24) is 15.3 Å². The van der Waals surface area contributed by atoms with Gasteiger partial charge in [-0.1, -0.05) is 32.9 Å². The highest BCUT2D eigenvalue weighted by Gasteiger charge is 2.20. The number of anilines is 1. The van der Waals surface area contributed by atoms with E-state index >= 15 is 0 Å². The number of rotatable bonds is 5. The molecule has 23 heavy (non-hydrogen) atoms. The number of aliphatic carboxylic acids is 1. The summed E-state index contributed by atoms with van der Waals surface area (Å²) in [6, 6.07) is 0.411. The molecule has 0 aliphatic rings. The van der Waals surface area contributed by atoms with E-state index in [1.54, 1.807) is 32.0 Å². The van der Waals surface area contributed by atoms with Crippen molar-refractivity contribution in [3.8, 4) is 0 Å². The summed E-state index contributed by atoms with van der Waals surface area (Å²) in [4.78, 5) is 33.6. The summed E-state index contributed by atoms with van der Waals surface area (Å²) in [6.07, 6.45) is 3.23. The molecular formula is C16H24N4O3. The molecule has 1 rings (SSSR count). The molecule has 2 N–H and O–H groups in total. The van der Waals surface area contributed by atoms with Crippen molar-refractivity contribution in [2.75, 3.05) is 19.0 Å². The SMILES string of the molecule is Cc1cc(C(=O)NC(/C=C/C(C)(C)C)C(=O)O)nc(N(C)C)n1. The van der Waals surface area contributed by atoms with Crippen LogP contribution >= 0.6 is 0 Å². The molecule has 0 fully saturated rings. The number of hydrogen-bond acceptors (Lipinski definition) is 5. The first kappa shape index (κ1) is 18.6. The molecule has 0 aliphatic carbocycles. The van der Waals surface area contributed by atoms with Crippen LogP contribution in [0.15, 0.2) is 18.2 Å². The highest BCUT2D eigenvalue weighted by molar-refractivity contribution is 5.95. The molecule has 1 amide bonds. The number of nitrogens with one attached hydrogen (secondary N) is 1. The van der Waals surface area contributed by atoms with Gasteiger partial charge < -0.3 is 15.3 Å². The lowest BCUT2D eigenvalue weighted by atomic mass is 9.95. The Morgan fingerprint density at radius 2 is 1.91 bits per heavy atom. The fraction of sp³-hybridized carbons (Fsp3) is 0.500. The first-order chi connectivity index (χ1) is 10.5. The topological polar surface area (TPSA) is 95.4 Å². The minimum Gasteiger partial charge on any atom is -0.479 e. The Hall–Kier alpha value is -2.44. The second kappa shape index (κ2) is 7.21. The third kappa shape index (κ3) is 6.06. The Morgan fingerprint density at radius 3 is 2.39 bits per heavy atom. The van der Waals surface area contributed by atoms with Crippen LogP contribution in [-0.4, -0.2) is 47.1 Å². The van der Waals surface area contributed by atoms with Gasteiger partial charge in [0.05, 0.1) is 0 Å². The molecule has 0 saturated carbocycles. The number of carbonyl (C=O) groups is 2. The molecule has 1 atom stereocenters. The number of carboxylic acids is 1. The molecular weight excluding hydrogens is 296 g/mol. The number of amides is 1. The summed E-state index contributed by atoms with van der Waals surface area (Å²) in [6.45, 7) is 7.59. The van der Waals surface area contributed by atoms with Crippen LogP contribution in [0.1, 0.15) is 37.0 Å². The van der Waals surface area contributed by atoms with Gasteiger partial charge in [0.25, 0.3) is 5.91 Å². The Morgan fingerprint density at radius 1 is 1.30 bits per heavy atom. The van der Waals surface area contributed by atoms with E-state index in [0.717, 1.165) is 0 Å². The van der Waals surface area contributed by atoms with E-state index in [4.69, 9.17) is 0 Å². The van der Waals surface area contributed by atoms with Crippen LogP contribution < -0.4 is 10.2 Å². The van der Waals surface area contributed by atoms with Crippen LogP contribution in [-0.2, 0) is 4.79 Å². The van der Waals surface area contributed by atoms with Crippen LogP contribution in [0.2, 0.25) is 0 Å². The maximum Gasteiger partial charge on any atom is 0.330 e. The summed E-state index contributed by atoms with van der Waals surface area (Å²) < 4.78 is 0. The quantitative estimate of drug-likeness (QED) is 0.801. The largest absolute Gasteiger partial charge is 0.479 e. The van der Waals surface area contributed by atoms with Gasteiger partial charge in [0, 0.05) is 19.8 Å². The van der Waals surface area contributed by atoms with Crippen molar-refractivity contribution in [3.63, 3.8) is 0 Å². The van der Waals surface area contributed by atoms with E-state index in [1.165, 1.54) is 12.1 Å². The Labute approximate surface area is 136 Å². The molecule has 0 aromatic carbocycles. The fourth-order valence-corrected chi connectivity index (χ4v) is 1.66. The summed E-state index contributed by atoms with van der Waals surface area (Å²) >= 11 is 0. The minimum absolute atomic E-state index is 0.136. The standard InChI is InChI=1S/C16H24N4O3/c1-10-9-12(19-15(17-10)20(5)6)13(21)18-11(14(22)23)7-8-16(2,3)4/h7-9,11H,1-6H3,(H,18,21)(H,22,23)/b8-7+. The zero-order valence-electron chi connectivity index (χ0n) is 14.4. The molecule has 7 heteroatoms. The Balaban J connectivity index is 3.00. The lowest BCUT2D eigenvalue weighted by Gasteiger charge is -2.16. The van der Waals surface area contributed by atoms with Crippen molar-refractivity contribution in [2.24, 2.45) is 5.41 Å². The molecule has 1 aromatic heterocycles. The molecule has 0 bridgehead atoms.